The van der Waals surface area contributed by atoms with Crippen LogP contribution in [0.5, 0.6) is 0 Å². The van der Waals surface area contributed by atoms with E-state index < -0.39 is 20.1 Å². The molecule has 2 unspecified atom stereocenters. The first-order chi connectivity index (χ1) is 20.2. The predicted octanol–water partition coefficient (Wildman–Crippen LogP) is 5.74. The minimum absolute atomic E-state index is 0.0481. The molecule has 1 aromatic carbocycles. The molecule has 42 heavy (non-hydrogen) atoms. The molecule has 1 saturated heterocycles. The Labute approximate surface area is 255 Å². The second-order valence-corrected chi connectivity index (χ2v) is 16.2. The first kappa shape index (κ1) is 27.8. The number of carbonyl (C=O) groups excluding carboxylic acids is 1. The number of nitrogens with zero attached hydrogens (tertiary/aromatic N) is 4. The molecule has 8 nitrogen and oxygen atoms in total. The fourth-order valence-corrected chi connectivity index (χ4v) is 9.82. The van der Waals surface area contributed by atoms with Crippen molar-refractivity contribution in [2.45, 2.75) is 67.6 Å². The standard InChI is InChI=1S/C31H32ClN5O3S2/c32-22-15-21(16-34-17-22)29-35-26(24-3-1-2-4-25(24)28(38)36-30(18-33)9-10-30)27(41-29)20-5-7-23(8-6-20)37-13-14-42(39,40)31(19-37)11-12-31/h5-8,15-17,24-25H,1-4,9-14,19H2,(H,36,38). The van der Waals surface area contributed by atoms with Gasteiger partial charge in [0.15, 0.2) is 9.84 Å². The summed E-state index contributed by atoms with van der Waals surface area (Å²) in [4.78, 5) is 26.1. The van der Waals surface area contributed by atoms with E-state index in [0.29, 0.717) is 31.0 Å². The van der Waals surface area contributed by atoms with Gasteiger partial charge in [0.05, 0.1) is 32.2 Å². The van der Waals surface area contributed by atoms with Crippen molar-refractivity contribution >= 4 is 44.4 Å². The van der Waals surface area contributed by atoms with Gasteiger partial charge in [0.25, 0.3) is 0 Å². The second-order valence-electron chi connectivity index (χ2n) is 12.3. The minimum atomic E-state index is -3.02. The molecule has 2 atom stereocenters. The van der Waals surface area contributed by atoms with E-state index in [-0.39, 0.29) is 23.5 Å². The highest BCUT2D eigenvalue weighted by molar-refractivity contribution is 7.93. The highest BCUT2D eigenvalue weighted by atomic mass is 35.5. The van der Waals surface area contributed by atoms with E-state index in [2.05, 4.69) is 45.5 Å². The number of pyridine rings is 1. The van der Waals surface area contributed by atoms with Gasteiger partial charge in [-0.3, -0.25) is 9.78 Å². The average molecular weight is 622 g/mol. The summed E-state index contributed by atoms with van der Waals surface area (Å²) >= 11 is 7.86. The summed E-state index contributed by atoms with van der Waals surface area (Å²) in [5.74, 6) is -0.168. The molecule has 1 aliphatic heterocycles. The number of sulfone groups is 1. The number of carbonyl (C=O) groups is 1. The maximum atomic E-state index is 13.5. The third-order valence-corrected chi connectivity index (χ3v) is 13.4. The van der Waals surface area contributed by atoms with Crippen LogP contribution in [0.3, 0.4) is 0 Å². The van der Waals surface area contributed by atoms with E-state index in [1.165, 1.54) is 0 Å². The number of amides is 1. The maximum absolute atomic E-state index is 13.5. The number of thiazole rings is 1. The molecule has 2 aromatic heterocycles. The largest absolute Gasteiger partial charge is 0.369 e. The molecule has 3 saturated carbocycles. The van der Waals surface area contributed by atoms with Crippen LogP contribution in [-0.2, 0) is 14.6 Å². The Morgan fingerprint density at radius 2 is 1.86 bits per heavy atom. The van der Waals surface area contributed by atoms with Crippen molar-refractivity contribution in [3.05, 3.63) is 53.4 Å². The van der Waals surface area contributed by atoms with E-state index in [0.717, 1.165) is 70.9 Å². The van der Waals surface area contributed by atoms with Crippen LogP contribution in [0.1, 0.15) is 63.0 Å². The third kappa shape index (κ3) is 4.99. The van der Waals surface area contributed by atoms with Gasteiger partial charge in [0.1, 0.15) is 10.5 Å². The van der Waals surface area contributed by atoms with E-state index in [4.69, 9.17) is 16.6 Å². The van der Waals surface area contributed by atoms with Crippen molar-refractivity contribution in [2.24, 2.45) is 5.92 Å². The van der Waals surface area contributed by atoms with E-state index >= 15 is 0 Å². The van der Waals surface area contributed by atoms with Crippen molar-refractivity contribution < 1.29 is 13.2 Å². The third-order valence-electron chi connectivity index (χ3n) is 9.46. The Morgan fingerprint density at radius 1 is 1.10 bits per heavy atom. The van der Waals surface area contributed by atoms with Crippen LogP contribution in [0, 0.1) is 17.2 Å². The molecule has 0 radical (unpaired) electrons. The highest BCUT2D eigenvalue weighted by Crippen LogP contribution is 2.49. The van der Waals surface area contributed by atoms with Gasteiger partial charge in [-0.25, -0.2) is 13.4 Å². The lowest BCUT2D eigenvalue weighted by molar-refractivity contribution is -0.127. The molecule has 218 valence electrons. The summed E-state index contributed by atoms with van der Waals surface area (Å²) in [6.07, 6.45) is 9.87. The molecule has 7 rings (SSSR count). The normalized spacial score (nSPS) is 25.0. The van der Waals surface area contributed by atoms with E-state index in [1.54, 1.807) is 23.7 Å². The van der Waals surface area contributed by atoms with Gasteiger partial charge < -0.3 is 10.2 Å². The number of rotatable bonds is 6. The van der Waals surface area contributed by atoms with Crippen molar-refractivity contribution in [1.82, 2.24) is 15.3 Å². The van der Waals surface area contributed by atoms with Crippen LogP contribution in [0.4, 0.5) is 5.69 Å². The van der Waals surface area contributed by atoms with Crippen LogP contribution in [-0.4, -0.2) is 53.4 Å². The van der Waals surface area contributed by atoms with Crippen LogP contribution in [0.15, 0.2) is 42.7 Å². The fourth-order valence-electron chi connectivity index (χ4n) is 6.56. The van der Waals surface area contributed by atoms with Crippen LogP contribution in [0.25, 0.3) is 21.0 Å². The Hall–Kier alpha value is -3.00. The van der Waals surface area contributed by atoms with E-state index in [1.807, 2.05) is 6.07 Å². The van der Waals surface area contributed by atoms with Gasteiger partial charge in [0.2, 0.25) is 5.91 Å². The van der Waals surface area contributed by atoms with Crippen LogP contribution >= 0.6 is 22.9 Å². The SMILES string of the molecule is N#CC1(NC(=O)C2CCCCC2c2nc(-c3cncc(Cl)c3)sc2-c2ccc(N3CCS(=O)(=O)C4(CC4)C3)cc2)CC1. The first-order valence-electron chi connectivity index (χ1n) is 14.6. The van der Waals surface area contributed by atoms with Gasteiger partial charge in [-0.15, -0.1) is 11.3 Å². The molecule has 1 amide bonds. The average Bonchev–Trinajstić information content (AvgIpc) is 3.91. The zero-order valence-corrected chi connectivity index (χ0v) is 25.6. The zero-order chi connectivity index (χ0) is 29.1. The molecule has 4 fully saturated rings. The zero-order valence-electron chi connectivity index (χ0n) is 23.2. The summed E-state index contributed by atoms with van der Waals surface area (Å²) in [6, 6.07) is 12.5. The monoisotopic (exact) mass is 621 g/mol. The Morgan fingerprint density at radius 3 is 2.55 bits per heavy atom. The summed E-state index contributed by atoms with van der Waals surface area (Å²) in [6.45, 7) is 1.06. The lowest BCUT2D eigenvalue weighted by Crippen LogP contribution is -2.48. The number of nitriles is 1. The van der Waals surface area contributed by atoms with Crippen molar-refractivity contribution in [3.63, 3.8) is 0 Å². The number of hydrogen-bond acceptors (Lipinski definition) is 8. The van der Waals surface area contributed by atoms with Crippen molar-refractivity contribution in [3.8, 4) is 27.1 Å². The molecular formula is C31H32ClN5O3S2. The number of nitrogens with one attached hydrogen (secondary N) is 1. The van der Waals surface area contributed by atoms with Crippen LogP contribution < -0.4 is 10.2 Å². The number of anilines is 1. The molecule has 3 aliphatic carbocycles. The van der Waals surface area contributed by atoms with Gasteiger partial charge in [0, 0.05) is 48.6 Å². The summed E-state index contributed by atoms with van der Waals surface area (Å²) in [7, 11) is -3.02. The number of aromatic nitrogens is 2. The van der Waals surface area contributed by atoms with Crippen molar-refractivity contribution in [1.29, 1.82) is 5.26 Å². The molecular weight excluding hydrogens is 590 g/mol. The lowest BCUT2D eigenvalue weighted by Gasteiger charge is -2.34. The number of benzene rings is 1. The molecule has 1 N–H and O–H groups in total. The first-order valence-corrected chi connectivity index (χ1v) is 17.5. The minimum Gasteiger partial charge on any atom is -0.369 e. The van der Waals surface area contributed by atoms with Gasteiger partial charge in [-0.1, -0.05) is 36.6 Å². The quantitative estimate of drug-likeness (QED) is 0.373. The van der Waals surface area contributed by atoms with Gasteiger partial charge >= 0.3 is 0 Å². The molecule has 3 heterocycles. The fraction of sp³-hybridized carbons (Fsp3) is 0.484. The highest BCUT2D eigenvalue weighted by Gasteiger charge is 2.57. The predicted molar refractivity (Wildman–Crippen MR) is 164 cm³/mol. The molecule has 4 aliphatic rings. The molecule has 1 spiro atoms. The maximum Gasteiger partial charge on any atom is 0.225 e. The Kier molecular flexibility index (Phi) is 6.83. The molecule has 3 aromatic rings. The summed E-state index contributed by atoms with van der Waals surface area (Å²) in [5, 5.41) is 14.0. The molecule has 11 heteroatoms. The second kappa shape index (κ2) is 10.3. The summed E-state index contributed by atoms with van der Waals surface area (Å²) in [5.41, 5.74) is 3.07. The summed E-state index contributed by atoms with van der Waals surface area (Å²) < 4.78 is 24.6. The molecule has 0 bridgehead atoms. The van der Waals surface area contributed by atoms with Gasteiger partial charge in [-0.05, 0) is 62.3 Å². The van der Waals surface area contributed by atoms with E-state index in [9.17, 15) is 18.5 Å². The van der Waals surface area contributed by atoms with Crippen molar-refractivity contribution in [2.75, 3.05) is 23.7 Å². The number of halogens is 1. The Bertz CT molecular complexity index is 1690. The van der Waals surface area contributed by atoms with Crippen LogP contribution in [0.2, 0.25) is 5.02 Å². The number of hydrogen-bond donors (Lipinski definition) is 1. The Balaban J connectivity index is 1.23. The smallest absolute Gasteiger partial charge is 0.225 e. The van der Waals surface area contributed by atoms with Gasteiger partial charge in [-0.2, -0.15) is 5.26 Å². The lowest BCUT2D eigenvalue weighted by atomic mass is 9.76. The topological polar surface area (TPSA) is 116 Å².